The van der Waals surface area contributed by atoms with E-state index in [9.17, 15) is 9.59 Å². The molecule has 3 aromatic heterocycles. The summed E-state index contributed by atoms with van der Waals surface area (Å²) in [6, 6.07) is 2.13. The highest BCUT2D eigenvalue weighted by molar-refractivity contribution is 7.25. The number of esters is 1. The topological polar surface area (TPSA) is 74.1 Å². The van der Waals surface area contributed by atoms with E-state index in [1.165, 1.54) is 47.7 Å². The van der Waals surface area contributed by atoms with E-state index in [1.807, 2.05) is 0 Å². The van der Waals surface area contributed by atoms with Crippen LogP contribution in [0.3, 0.4) is 0 Å². The molecule has 0 saturated heterocycles. The molecule has 0 atom stereocenters. The highest BCUT2D eigenvalue weighted by Gasteiger charge is 2.18. The third kappa shape index (κ3) is 2.31. The Morgan fingerprint density at radius 3 is 3.04 bits per heavy atom. The summed E-state index contributed by atoms with van der Waals surface area (Å²) >= 11 is 1.35. The van der Waals surface area contributed by atoms with Crippen molar-refractivity contribution in [1.29, 1.82) is 0 Å². The Morgan fingerprint density at radius 1 is 1.39 bits per heavy atom. The minimum atomic E-state index is -0.469. The van der Waals surface area contributed by atoms with E-state index in [0.717, 1.165) is 28.8 Å². The Morgan fingerprint density at radius 2 is 2.22 bits per heavy atom. The fourth-order valence-corrected chi connectivity index (χ4v) is 4.11. The van der Waals surface area contributed by atoms with Gasteiger partial charge in [-0.25, -0.2) is 9.97 Å². The van der Waals surface area contributed by atoms with Gasteiger partial charge in [-0.3, -0.25) is 14.2 Å². The van der Waals surface area contributed by atoms with Gasteiger partial charge in [-0.2, -0.15) is 0 Å². The van der Waals surface area contributed by atoms with Crippen LogP contribution < -0.4 is 5.56 Å². The van der Waals surface area contributed by atoms with Crippen LogP contribution >= 0.6 is 11.3 Å². The Kier molecular flexibility index (Phi) is 3.37. The molecule has 0 unspecified atom stereocenters. The normalized spacial score (nSPS) is 14.1. The second-order valence-electron chi connectivity index (χ2n) is 5.69. The van der Waals surface area contributed by atoms with Gasteiger partial charge in [0.1, 0.15) is 16.1 Å². The molecule has 6 nitrogen and oxygen atoms in total. The molecule has 7 heteroatoms. The third-order valence-corrected chi connectivity index (χ3v) is 5.32. The van der Waals surface area contributed by atoms with Gasteiger partial charge in [0, 0.05) is 11.1 Å². The smallest absolute Gasteiger partial charge is 0.325 e. The van der Waals surface area contributed by atoms with Crippen LogP contribution in [0.4, 0.5) is 0 Å². The monoisotopic (exact) mass is 329 g/mol. The second kappa shape index (κ2) is 5.42. The molecular formula is C16H15N3O3S. The lowest BCUT2D eigenvalue weighted by Crippen LogP contribution is -2.24. The van der Waals surface area contributed by atoms with E-state index in [0.29, 0.717) is 10.2 Å². The van der Waals surface area contributed by atoms with Crippen LogP contribution in [0.2, 0.25) is 0 Å². The number of carbonyl (C=O) groups excluding carboxylic acids is 1. The summed E-state index contributed by atoms with van der Waals surface area (Å²) in [6.07, 6.45) is 5.80. The highest BCUT2D eigenvalue weighted by Crippen LogP contribution is 2.32. The van der Waals surface area contributed by atoms with Crippen LogP contribution in [-0.4, -0.2) is 27.6 Å². The van der Waals surface area contributed by atoms with Crippen molar-refractivity contribution in [3.05, 3.63) is 34.0 Å². The van der Waals surface area contributed by atoms with Gasteiger partial charge in [0.15, 0.2) is 0 Å². The van der Waals surface area contributed by atoms with Crippen molar-refractivity contribution >= 4 is 37.7 Å². The van der Waals surface area contributed by atoms with Crippen molar-refractivity contribution in [2.45, 2.75) is 32.2 Å². The molecule has 0 amide bonds. The summed E-state index contributed by atoms with van der Waals surface area (Å²) in [4.78, 5) is 33.9. The minimum absolute atomic E-state index is 0.129. The molecule has 0 N–H and O–H groups in total. The fourth-order valence-electron chi connectivity index (χ4n) is 3.03. The zero-order valence-corrected chi connectivity index (χ0v) is 13.5. The van der Waals surface area contributed by atoms with Crippen molar-refractivity contribution in [1.82, 2.24) is 14.5 Å². The number of carbonyl (C=O) groups is 1. The highest BCUT2D eigenvalue weighted by atomic mass is 32.1. The molecule has 0 bridgehead atoms. The minimum Gasteiger partial charge on any atom is -0.468 e. The quantitative estimate of drug-likeness (QED) is 0.673. The van der Waals surface area contributed by atoms with Gasteiger partial charge >= 0.3 is 5.97 Å². The van der Waals surface area contributed by atoms with Gasteiger partial charge in [-0.05, 0) is 37.3 Å². The number of rotatable bonds is 2. The second-order valence-corrected chi connectivity index (χ2v) is 6.69. The molecule has 1 aliphatic carbocycles. The lowest BCUT2D eigenvalue weighted by molar-refractivity contribution is -0.141. The van der Waals surface area contributed by atoms with E-state index < -0.39 is 5.97 Å². The van der Waals surface area contributed by atoms with Gasteiger partial charge < -0.3 is 4.74 Å². The maximum Gasteiger partial charge on any atom is 0.325 e. The van der Waals surface area contributed by atoms with Crippen LogP contribution in [0.15, 0.2) is 17.2 Å². The van der Waals surface area contributed by atoms with Crippen molar-refractivity contribution < 1.29 is 9.53 Å². The summed E-state index contributed by atoms with van der Waals surface area (Å²) in [5.41, 5.74) is 2.87. The average Bonchev–Trinajstić information content (AvgIpc) is 2.93. The van der Waals surface area contributed by atoms with Crippen molar-refractivity contribution in [2.24, 2.45) is 0 Å². The zero-order chi connectivity index (χ0) is 16.0. The van der Waals surface area contributed by atoms with Crippen molar-refractivity contribution in [3.8, 4) is 0 Å². The van der Waals surface area contributed by atoms with Gasteiger partial charge in [0.05, 0.1) is 19.0 Å². The number of hydrogen-bond donors (Lipinski definition) is 0. The predicted octanol–water partition coefficient (Wildman–Crippen LogP) is 2.06. The summed E-state index contributed by atoms with van der Waals surface area (Å²) in [5.74, 6) is -0.469. The number of hydrogen-bond acceptors (Lipinski definition) is 6. The molecule has 118 valence electrons. The third-order valence-electron chi connectivity index (χ3n) is 4.24. The Balaban J connectivity index is 1.92. The number of fused-ring (bicyclic) bond motifs is 4. The van der Waals surface area contributed by atoms with E-state index >= 15 is 0 Å². The Labute approximate surface area is 135 Å². The number of nitrogens with zero attached hydrogens (tertiary/aromatic N) is 3. The van der Waals surface area contributed by atoms with Crippen molar-refractivity contribution in [2.75, 3.05) is 7.11 Å². The maximum absolute atomic E-state index is 12.6. The molecule has 0 aliphatic heterocycles. The predicted molar refractivity (Wildman–Crippen MR) is 87.8 cm³/mol. The molecule has 3 aromatic rings. The van der Waals surface area contributed by atoms with Crippen LogP contribution in [-0.2, 0) is 28.9 Å². The molecule has 23 heavy (non-hydrogen) atoms. The fraction of sp³-hybridized carbons (Fsp3) is 0.375. The summed E-state index contributed by atoms with van der Waals surface area (Å²) in [7, 11) is 1.30. The van der Waals surface area contributed by atoms with Crippen LogP contribution in [0, 0.1) is 0 Å². The van der Waals surface area contributed by atoms with E-state index in [4.69, 9.17) is 4.98 Å². The van der Waals surface area contributed by atoms with E-state index in [2.05, 4.69) is 15.8 Å². The standard InChI is InChI=1S/C16H15N3O3S/c1-22-12(20)7-19-8-17-13-10-6-9-4-2-3-5-11(9)18-15(10)23-14(13)16(19)21/h6,8H,2-5,7H2,1H3. The van der Waals surface area contributed by atoms with Crippen LogP contribution in [0.5, 0.6) is 0 Å². The number of pyridine rings is 1. The Bertz CT molecular complexity index is 990. The number of thiophene rings is 1. The molecule has 1 aliphatic rings. The maximum atomic E-state index is 12.6. The summed E-state index contributed by atoms with van der Waals surface area (Å²) in [5, 5.41) is 0.938. The summed E-state index contributed by atoms with van der Waals surface area (Å²) in [6.45, 7) is -0.129. The molecule has 4 rings (SSSR count). The zero-order valence-electron chi connectivity index (χ0n) is 12.7. The van der Waals surface area contributed by atoms with Gasteiger partial charge in [0.2, 0.25) is 0 Å². The van der Waals surface area contributed by atoms with E-state index in [1.54, 1.807) is 0 Å². The molecular weight excluding hydrogens is 314 g/mol. The molecule has 0 spiro atoms. The average molecular weight is 329 g/mol. The molecule has 0 fully saturated rings. The summed E-state index contributed by atoms with van der Waals surface area (Å²) < 4.78 is 6.44. The SMILES string of the molecule is COC(=O)Cn1cnc2c(sc3nc4c(cc32)CCCC4)c1=O. The lowest BCUT2D eigenvalue weighted by Gasteiger charge is -2.13. The first-order valence-electron chi connectivity index (χ1n) is 7.54. The lowest BCUT2D eigenvalue weighted by atomic mass is 9.95. The van der Waals surface area contributed by atoms with Gasteiger partial charge in [-0.1, -0.05) is 0 Å². The van der Waals surface area contributed by atoms with Gasteiger partial charge in [0.25, 0.3) is 5.56 Å². The number of methoxy groups -OCH3 is 1. The molecule has 0 radical (unpaired) electrons. The molecule has 3 heterocycles. The molecule has 0 aromatic carbocycles. The first-order chi connectivity index (χ1) is 11.2. The number of aryl methyl sites for hydroxylation is 2. The van der Waals surface area contributed by atoms with Gasteiger partial charge in [-0.15, -0.1) is 11.3 Å². The first-order valence-corrected chi connectivity index (χ1v) is 8.36. The number of aromatic nitrogens is 3. The van der Waals surface area contributed by atoms with E-state index in [-0.39, 0.29) is 12.1 Å². The van der Waals surface area contributed by atoms with Crippen LogP contribution in [0.25, 0.3) is 20.4 Å². The Hall–Kier alpha value is -2.28. The van der Waals surface area contributed by atoms with Crippen LogP contribution in [0.1, 0.15) is 24.1 Å². The van der Waals surface area contributed by atoms with Crippen molar-refractivity contribution in [3.63, 3.8) is 0 Å². The number of ether oxygens (including phenoxy) is 1. The first kappa shape index (κ1) is 14.3. The largest absolute Gasteiger partial charge is 0.468 e. The molecule has 0 saturated carbocycles.